The number of carbonyl (C=O) groups is 2. The number of hydrogen-bond acceptors (Lipinski definition) is 2. The van der Waals surface area contributed by atoms with Crippen molar-refractivity contribution in [3.05, 3.63) is 0 Å². The van der Waals surface area contributed by atoms with Crippen LogP contribution in [-0.4, -0.2) is 44.0 Å². The lowest BCUT2D eigenvalue weighted by Crippen LogP contribution is -2.45. The highest BCUT2D eigenvalue weighted by Gasteiger charge is 2.25. The van der Waals surface area contributed by atoms with Gasteiger partial charge < -0.3 is 15.5 Å². The molecule has 1 aliphatic heterocycles. The molecule has 5 heteroatoms. The molecular formula is C9H17N3O2. The van der Waals surface area contributed by atoms with Crippen molar-refractivity contribution in [2.24, 2.45) is 5.92 Å². The summed E-state index contributed by atoms with van der Waals surface area (Å²) in [4.78, 5) is 24.2. The third-order valence-corrected chi connectivity index (χ3v) is 2.61. The van der Waals surface area contributed by atoms with Crippen molar-refractivity contribution in [2.45, 2.75) is 12.8 Å². The summed E-state index contributed by atoms with van der Waals surface area (Å²) in [5.74, 6) is 0.155. The summed E-state index contributed by atoms with van der Waals surface area (Å²) in [6.45, 7) is 1.33. The monoisotopic (exact) mass is 199 g/mol. The van der Waals surface area contributed by atoms with Crippen LogP contribution in [0.3, 0.4) is 0 Å². The van der Waals surface area contributed by atoms with Gasteiger partial charge in [-0.05, 0) is 12.8 Å². The van der Waals surface area contributed by atoms with Gasteiger partial charge in [0, 0.05) is 33.1 Å². The largest absolute Gasteiger partial charge is 0.359 e. The Bertz CT molecular complexity index is 198. The lowest BCUT2D eigenvalue weighted by Gasteiger charge is -2.30. The number of nitrogens with one attached hydrogen (secondary N) is 2. The van der Waals surface area contributed by atoms with E-state index in [1.165, 1.54) is 0 Å². The van der Waals surface area contributed by atoms with Crippen LogP contribution in [0.1, 0.15) is 12.8 Å². The molecule has 1 saturated heterocycles. The molecule has 0 bridgehead atoms. The van der Waals surface area contributed by atoms with Crippen LogP contribution in [0.5, 0.6) is 0 Å². The first-order chi connectivity index (χ1) is 6.69. The Morgan fingerprint density at radius 1 is 1.14 bits per heavy atom. The predicted molar refractivity (Wildman–Crippen MR) is 52.8 cm³/mol. The maximum Gasteiger partial charge on any atom is 0.317 e. The Balaban J connectivity index is 2.38. The minimum Gasteiger partial charge on any atom is -0.359 e. The van der Waals surface area contributed by atoms with Gasteiger partial charge in [-0.25, -0.2) is 4.79 Å². The fraction of sp³-hybridized carbons (Fsp3) is 0.778. The number of nitrogens with zero attached hydrogens (tertiary/aromatic N) is 1. The number of hydrogen-bond donors (Lipinski definition) is 2. The smallest absolute Gasteiger partial charge is 0.317 e. The number of likely N-dealkylation sites (tertiary alicyclic amines) is 1. The minimum absolute atomic E-state index is 0.0552. The first kappa shape index (κ1) is 10.8. The maximum absolute atomic E-state index is 11.3. The number of carbonyl (C=O) groups excluding carboxylic acids is 2. The molecular weight excluding hydrogens is 182 g/mol. The topological polar surface area (TPSA) is 61.4 Å². The Labute approximate surface area is 83.8 Å². The Hall–Kier alpha value is -1.26. The molecule has 0 atom stereocenters. The third-order valence-electron chi connectivity index (χ3n) is 2.61. The van der Waals surface area contributed by atoms with Crippen LogP contribution >= 0.6 is 0 Å². The van der Waals surface area contributed by atoms with E-state index in [0.29, 0.717) is 13.1 Å². The van der Waals surface area contributed by atoms with Gasteiger partial charge in [-0.1, -0.05) is 0 Å². The lowest BCUT2D eigenvalue weighted by molar-refractivity contribution is -0.125. The summed E-state index contributed by atoms with van der Waals surface area (Å²) in [6, 6.07) is -0.0552. The van der Waals surface area contributed by atoms with Crippen LogP contribution in [0, 0.1) is 5.92 Å². The van der Waals surface area contributed by atoms with E-state index in [1.807, 2.05) is 0 Å². The number of piperidine rings is 1. The van der Waals surface area contributed by atoms with Crippen LogP contribution in [0.2, 0.25) is 0 Å². The van der Waals surface area contributed by atoms with E-state index in [4.69, 9.17) is 0 Å². The van der Waals surface area contributed by atoms with E-state index >= 15 is 0 Å². The van der Waals surface area contributed by atoms with Crippen molar-refractivity contribution >= 4 is 11.9 Å². The van der Waals surface area contributed by atoms with Gasteiger partial charge >= 0.3 is 6.03 Å². The lowest BCUT2D eigenvalue weighted by atomic mass is 9.96. The average Bonchev–Trinajstić information content (AvgIpc) is 2.27. The highest BCUT2D eigenvalue weighted by atomic mass is 16.2. The quantitative estimate of drug-likeness (QED) is 0.613. The van der Waals surface area contributed by atoms with Crippen LogP contribution < -0.4 is 10.6 Å². The fourth-order valence-electron chi connectivity index (χ4n) is 1.71. The van der Waals surface area contributed by atoms with E-state index < -0.39 is 0 Å². The van der Waals surface area contributed by atoms with Crippen LogP contribution in [0.25, 0.3) is 0 Å². The van der Waals surface area contributed by atoms with Gasteiger partial charge in [0.15, 0.2) is 0 Å². The van der Waals surface area contributed by atoms with Crippen LogP contribution in [0.4, 0.5) is 4.79 Å². The van der Waals surface area contributed by atoms with Gasteiger partial charge in [0.05, 0.1) is 0 Å². The van der Waals surface area contributed by atoms with Gasteiger partial charge in [0.2, 0.25) is 5.91 Å². The summed E-state index contributed by atoms with van der Waals surface area (Å²) in [7, 11) is 3.26. The average molecular weight is 199 g/mol. The highest BCUT2D eigenvalue weighted by Crippen LogP contribution is 2.16. The molecule has 0 aromatic rings. The van der Waals surface area contributed by atoms with Crippen molar-refractivity contribution in [2.75, 3.05) is 27.2 Å². The first-order valence-electron chi connectivity index (χ1n) is 4.87. The van der Waals surface area contributed by atoms with Crippen molar-refractivity contribution < 1.29 is 9.59 Å². The number of amides is 3. The third kappa shape index (κ3) is 2.37. The van der Waals surface area contributed by atoms with E-state index in [0.717, 1.165) is 12.8 Å². The number of urea groups is 1. The minimum atomic E-state index is -0.0552. The molecule has 0 unspecified atom stereocenters. The van der Waals surface area contributed by atoms with Gasteiger partial charge in [-0.2, -0.15) is 0 Å². The second-order valence-electron chi connectivity index (χ2n) is 3.43. The molecule has 0 aromatic carbocycles. The molecule has 0 radical (unpaired) electrons. The second-order valence-corrected chi connectivity index (χ2v) is 3.43. The van der Waals surface area contributed by atoms with Gasteiger partial charge in [0.25, 0.3) is 0 Å². The molecule has 0 saturated carbocycles. The predicted octanol–water partition coefficient (Wildman–Crippen LogP) is -0.216. The second kappa shape index (κ2) is 4.83. The SMILES string of the molecule is CNC(=O)C1CCN(C(=O)NC)CC1. The normalized spacial score (nSPS) is 17.7. The van der Waals surface area contributed by atoms with E-state index in [-0.39, 0.29) is 17.9 Å². The molecule has 0 aliphatic carbocycles. The molecule has 1 fully saturated rings. The summed E-state index contributed by atoms with van der Waals surface area (Å²) < 4.78 is 0. The zero-order chi connectivity index (χ0) is 10.6. The van der Waals surface area contributed by atoms with Crippen LogP contribution in [0.15, 0.2) is 0 Å². The Kier molecular flexibility index (Phi) is 3.73. The van der Waals surface area contributed by atoms with Crippen LogP contribution in [-0.2, 0) is 4.79 Å². The fourth-order valence-corrected chi connectivity index (χ4v) is 1.71. The van der Waals surface area contributed by atoms with Gasteiger partial charge in [0.1, 0.15) is 0 Å². The molecule has 1 rings (SSSR count). The molecule has 3 amide bonds. The molecule has 1 aliphatic rings. The van der Waals surface area contributed by atoms with Crippen molar-refractivity contribution in [3.63, 3.8) is 0 Å². The van der Waals surface area contributed by atoms with Crippen molar-refractivity contribution in [1.29, 1.82) is 0 Å². The van der Waals surface area contributed by atoms with Gasteiger partial charge in [-0.3, -0.25) is 4.79 Å². The summed E-state index contributed by atoms with van der Waals surface area (Å²) in [6.07, 6.45) is 1.51. The van der Waals surface area contributed by atoms with E-state index in [1.54, 1.807) is 19.0 Å². The van der Waals surface area contributed by atoms with Crippen molar-refractivity contribution in [3.8, 4) is 0 Å². The molecule has 80 valence electrons. The highest BCUT2D eigenvalue weighted by molar-refractivity contribution is 5.79. The zero-order valence-corrected chi connectivity index (χ0v) is 8.67. The zero-order valence-electron chi connectivity index (χ0n) is 8.67. The van der Waals surface area contributed by atoms with E-state index in [9.17, 15) is 9.59 Å². The number of rotatable bonds is 1. The van der Waals surface area contributed by atoms with Gasteiger partial charge in [-0.15, -0.1) is 0 Å². The van der Waals surface area contributed by atoms with Crippen molar-refractivity contribution in [1.82, 2.24) is 15.5 Å². The molecule has 2 N–H and O–H groups in total. The molecule has 0 spiro atoms. The van der Waals surface area contributed by atoms with E-state index in [2.05, 4.69) is 10.6 Å². The summed E-state index contributed by atoms with van der Waals surface area (Å²) in [5, 5.41) is 5.21. The standard InChI is InChI=1S/C9H17N3O2/c1-10-8(13)7-3-5-12(6-4-7)9(14)11-2/h7H,3-6H2,1-2H3,(H,10,13)(H,11,14). The molecule has 0 aromatic heterocycles. The molecule has 1 heterocycles. The maximum atomic E-state index is 11.3. The Morgan fingerprint density at radius 3 is 2.14 bits per heavy atom. The summed E-state index contributed by atoms with van der Waals surface area (Å²) in [5.41, 5.74) is 0. The molecule has 14 heavy (non-hydrogen) atoms. The molecule has 5 nitrogen and oxygen atoms in total. The Morgan fingerprint density at radius 2 is 1.71 bits per heavy atom. The summed E-state index contributed by atoms with van der Waals surface area (Å²) >= 11 is 0. The first-order valence-corrected chi connectivity index (χ1v) is 4.87.